The fourth-order valence-electron chi connectivity index (χ4n) is 4.20. The van der Waals surface area contributed by atoms with Crippen molar-refractivity contribution in [2.45, 2.75) is 58.0 Å². The van der Waals surface area contributed by atoms with E-state index in [1.54, 1.807) is 0 Å². The maximum absolute atomic E-state index is 11.1. The summed E-state index contributed by atoms with van der Waals surface area (Å²) in [6.07, 6.45) is 6.41. The summed E-state index contributed by atoms with van der Waals surface area (Å²) in [5.41, 5.74) is 8.89. The summed E-state index contributed by atoms with van der Waals surface area (Å²) in [7, 11) is 0. The highest BCUT2D eigenvalue weighted by Crippen LogP contribution is 2.31. The molecule has 0 unspecified atom stereocenters. The highest BCUT2D eigenvalue weighted by atomic mass is 16.3. The van der Waals surface area contributed by atoms with Crippen LogP contribution in [0.2, 0.25) is 0 Å². The minimum absolute atomic E-state index is 0.271. The lowest BCUT2D eigenvalue weighted by Crippen LogP contribution is -2.49. The zero-order valence-electron chi connectivity index (χ0n) is 16.8. The molecule has 7 heteroatoms. The standard InChI is InChI=1S/C21H33N5O2/c1-2-23-21(25-16-9-11-26(12-10-16)14-20(22)28)24-13-18-17-6-4-3-5-15(17)7-8-19(18)27/h7-8,16,27H,2-6,9-14H2,1H3,(H2,22,28)(H2,23,24,25). The third-order valence-corrected chi connectivity index (χ3v) is 5.67. The Balaban J connectivity index is 1.63. The van der Waals surface area contributed by atoms with Crippen molar-refractivity contribution in [1.82, 2.24) is 15.5 Å². The van der Waals surface area contributed by atoms with E-state index in [2.05, 4.69) is 28.5 Å². The van der Waals surface area contributed by atoms with Crippen LogP contribution in [0, 0.1) is 0 Å². The number of rotatable bonds is 6. The number of amides is 1. The molecule has 0 atom stereocenters. The Morgan fingerprint density at radius 1 is 1.29 bits per heavy atom. The van der Waals surface area contributed by atoms with Gasteiger partial charge in [0, 0.05) is 31.2 Å². The Hall–Kier alpha value is -2.28. The van der Waals surface area contributed by atoms with E-state index >= 15 is 0 Å². The normalized spacial score (nSPS) is 18.5. The number of carbonyl (C=O) groups excluding carboxylic acids is 1. The van der Waals surface area contributed by atoms with Gasteiger partial charge in [-0.2, -0.15) is 0 Å². The molecule has 5 N–H and O–H groups in total. The number of primary amides is 1. The van der Waals surface area contributed by atoms with Gasteiger partial charge in [0.25, 0.3) is 0 Å². The van der Waals surface area contributed by atoms with Gasteiger partial charge in [-0.1, -0.05) is 6.07 Å². The zero-order chi connectivity index (χ0) is 19.9. The molecule has 0 radical (unpaired) electrons. The molecule has 1 aliphatic carbocycles. The van der Waals surface area contributed by atoms with Gasteiger partial charge < -0.3 is 21.5 Å². The lowest BCUT2D eigenvalue weighted by Gasteiger charge is -2.32. The van der Waals surface area contributed by atoms with Crippen molar-refractivity contribution < 1.29 is 9.90 Å². The van der Waals surface area contributed by atoms with Crippen LogP contribution in [0.3, 0.4) is 0 Å². The van der Waals surface area contributed by atoms with Crippen molar-refractivity contribution in [2.24, 2.45) is 10.7 Å². The minimum Gasteiger partial charge on any atom is -0.508 e. The van der Waals surface area contributed by atoms with Crippen LogP contribution in [-0.4, -0.2) is 54.1 Å². The highest BCUT2D eigenvalue weighted by molar-refractivity contribution is 5.80. The van der Waals surface area contributed by atoms with Gasteiger partial charge >= 0.3 is 0 Å². The van der Waals surface area contributed by atoms with Gasteiger partial charge in [0.1, 0.15) is 5.75 Å². The van der Waals surface area contributed by atoms with Crippen LogP contribution in [0.1, 0.15) is 49.3 Å². The number of hydrogen-bond donors (Lipinski definition) is 4. The van der Waals surface area contributed by atoms with Gasteiger partial charge in [-0.15, -0.1) is 0 Å². The second-order valence-electron chi connectivity index (χ2n) is 7.76. The maximum atomic E-state index is 11.1. The van der Waals surface area contributed by atoms with Crippen LogP contribution < -0.4 is 16.4 Å². The molecule has 1 aromatic carbocycles. The average Bonchev–Trinajstić information content (AvgIpc) is 2.68. The minimum atomic E-state index is -0.271. The van der Waals surface area contributed by atoms with Crippen molar-refractivity contribution in [3.05, 3.63) is 28.8 Å². The molecule has 3 rings (SSSR count). The topological polar surface area (TPSA) is 103 Å². The molecule has 1 fully saturated rings. The van der Waals surface area contributed by atoms with Crippen molar-refractivity contribution in [3.8, 4) is 5.75 Å². The molecule has 7 nitrogen and oxygen atoms in total. The van der Waals surface area contributed by atoms with Gasteiger partial charge in [0.2, 0.25) is 5.91 Å². The second-order valence-corrected chi connectivity index (χ2v) is 7.76. The summed E-state index contributed by atoms with van der Waals surface area (Å²) in [4.78, 5) is 17.9. The molecular weight excluding hydrogens is 354 g/mol. The van der Waals surface area contributed by atoms with Gasteiger partial charge in [0.05, 0.1) is 13.1 Å². The van der Waals surface area contributed by atoms with Gasteiger partial charge in [-0.3, -0.25) is 9.69 Å². The number of guanidine groups is 1. The van der Waals surface area contributed by atoms with E-state index in [-0.39, 0.29) is 5.91 Å². The van der Waals surface area contributed by atoms with Crippen molar-refractivity contribution >= 4 is 11.9 Å². The first-order valence-electron chi connectivity index (χ1n) is 10.4. The number of aryl methyl sites for hydroxylation is 1. The van der Waals surface area contributed by atoms with E-state index in [0.717, 1.165) is 56.8 Å². The van der Waals surface area contributed by atoms with Crippen molar-refractivity contribution in [1.29, 1.82) is 0 Å². The molecule has 0 spiro atoms. The SMILES string of the molecule is CCNC(=NCc1c(O)ccc2c1CCCC2)NC1CCN(CC(N)=O)CC1. The van der Waals surface area contributed by atoms with Crippen LogP contribution in [0.15, 0.2) is 17.1 Å². The van der Waals surface area contributed by atoms with E-state index in [1.807, 2.05) is 6.07 Å². The largest absolute Gasteiger partial charge is 0.508 e. The fourth-order valence-corrected chi connectivity index (χ4v) is 4.20. The third-order valence-electron chi connectivity index (χ3n) is 5.67. The zero-order valence-corrected chi connectivity index (χ0v) is 16.8. The monoisotopic (exact) mass is 387 g/mol. The molecule has 1 heterocycles. The molecule has 0 bridgehead atoms. The highest BCUT2D eigenvalue weighted by Gasteiger charge is 2.21. The Morgan fingerprint density at radius 2 is 2.04 bits per heavy atom. The Labute approximate surface area is 167 Å². The fraction of sp³-hybridized carbons (Fsp3) is 0.619. The van der Waals surface area contributed by atoms with Gasteiger partial charge in [-0.25, -0.2) is 4.99 Å². The number of likely N-dealkylation sites (tertiary alicyclic amines) is 1. The first-order valence-corrected chi connectivity index (χ1v) is 10.4. The van der Waals surface area contributed by atoms with Crippen LogP contribution in [0.4, 0.5) is 0 Å². The quantitative estimate of drug-likeness (QED) is 0.435. The van der Waals surface area contributed by atoms with E-state index in [0.29, 0.717) is 24.9 Å². The molecule has 1 aliphatic heterocycles. The molecule has 154 valence electrons. The number of nitrogens with two attached hydrogens (primary N) is 1. The van der Waals surface area contributed by atoms with Gasteiger partial charge in [-0.05, 0) is 62.6 Å². The average molecular weight is 388 g/mol. The van der Waals surface area contributed by atoms with E-state index in [9.17, 15) is 9.90 Å². The van der Waals surface area contributed by atoms with Crippen LogP contribution in [0.25, 0.3) is 0 Å². The molecule has 1 saturated heterocycles. The summed E-state index contributed by atoms with van der Waals surface area (Å²) in [5.74, 6) is 0.857. The third kappa shape index (κ3) is 5.38. The van der Waals surface area contributed by atoms with Crippen LogP contribution in [0.5, 0.6) is 5.75 Å². The molecule has 0 saturated carbocycles. The molecule has 28 heavy (non-hydrogen) atoms. The number of aliphatic imine (C=N–C) groups is 1. The summed E-state index contributed by atoms with van der Waals surface area (Å²) in [6.45, 7) is 5.35. The number of phenolic OH excluding ortho intramolecular Hbond substituents is 1. The number of aromatic hydroxyl groups is 1. The number of nitrogens with zero attached hydrogens (tertiary/aromatic N) is 2. The Morgan fingerprint density at radius 3 is 2.75 bits per heavy atom. The maximum Gasteiger partial charge on any atom is 0.231 e. The smallest absolute Gasteiger partial charge is 0.231 e. The van der Waals surface area contributed by atoms with Gasteiger partial charge in [0.15, 0.2) is 5.96 Å². The van der Waals surface area contributed by atoms with Crippen LogP contribution in [-0.2, 0) is 24.2 Å². The summed E-state index contributed by atoms with van der Waals surface area (Å²) in [5, 5.41) is 17.2. The molecule has 2 aliphatic rings. The summed E-state index contributed by atoms with van der Waals surface area (Å²) >= 11 is 0. The summed E-state index contributed by atoms with van der Waals surface area (Å²) < 4.78 is 0. The van der Waals surface area contributed by atoms with E-state index in [4.69, 9.17) is 10.7 Å². The number of nitrogens with one attached hydrogen (secondary N) is 2. The van der Waals surface area contributed by atoms with Crippen molar-refractivity contribution in [2.75, 3.05) is 26.2 Å². The number of fused-ring (bicyclic) bond motifs is 1. The first-order chi connectivity index (χ1) is 13.6. The lowest BCUT2D eigenvalue weighted by molar-refractivity contribution is -0.119. The number of phenols is 1. The molecule has 1 amide bonds. The Kier molecular flexibility index (Phi) is 7.14. The second kappa shape index (κ2) is 9.78. The summed E-state index contributed by atoms with van der Waals surface area (Å²) in [6, 6.07) is 4.18. The number of benzene rings is 1. The molecular formula is C21H33N5O2. The van der Waals surface area contributed by atoms with E-state index < -0.39 is 0 Å². The number of piperidine rings is 1. The predicted molar refractivity (Wildman–Crippen MR) is 111 cm³/mol. The predicted octanol–water partition coefficient (Wildman–Crippen LogP) is 1.28. The first kappa shape index (κ1) is 20.5. The van der Waals surface area contributed by atoms with Crippen molar-refractivity contribution in [3.63, 3.8) is 0 Å². The number of carbonyl (C=O) groups is 1. The van der Waals surface area contributed by atoms with Crippen LogP contribution >= 0.6 is 0 Å². The lowest BCUT2D eigenvalue weighted by atomic mass is 9.88. The number of hydrogen-bond acceptors (Lipinski definition) is 4. The Bertz CT molecular complexity index is 711. The molecule has 1 aromatic rings. The molecule has 0 aromatic heterocycles. The van der Waals surface area contributed by atoms with E-state index in [1.165, 1.54) is 24.0 Å².